The van der Waals surface area contributed by atoms with Crippen LogP contribution in [0.15, 0.2) is 78.9 Å². The minimum Gasteiger partial charge on any atom is -0.356 e. The Morgan fingerprint density at radius 3 is 2.38 bits per heavy atom. The number of anilines is 2. The molecule has 1 N–H and O–H groups in total. The highest BCUT2D eigenvalue weighted by atomic mass is 15.2. The zero-order valence-corrected chi connectivity index (χ0v) is 14.9. The van der Waals surface area contributed by atoms with Crippen molar-refractivity contribution in [3.63, 3.8) is 0 Å². The Hall–Kier alpha value is -2.58. The highest BCUT2D eigenvalue weighted by Gasteiger charge is 2.38. The van der Waals surface area contributed by atoms with Gasteiger partial charge in [0.05, 0.1) is 0 Å². The molecule has 1 aliphatic carbocycles. The van der Waals surface area contributed by atoms with Gasteiger partial charge in [-0.25, -0.2) is 0 Å². The van der Waals surface area contributed by atoms with Crippen LogP contribution in [-0.2, 0) is 6.54 Å². The van der Waals surface area contributed by atoms with Gasteiger partial charge in [-0.05, 0) is 66.3 Å². The molecule has 26 heavy (non-hydrogen) atoms. The second kappa shape index (κ2) is 6.62. The normalized spacial score (nSPS) is 21.4. The molecule has 5 rings (SSSR count). The maximum absolute atomic E-state index is 3.56. The van der Waals surface area contributed by atoms with Gasteiger partial charge in [0.25, 0.3) is 0 Å². The fourth-order valence-electron chi connectivity index (χ4n) is 4.63. The lowest BCUT2D eigenvalue weighted by atomic mass is 9.95. The highest BCUT2D eigenvalue weighted by molar-refractivity contribution is 5.62. The first kappa shape index (κ1) is 15.7. The molecular formula is C24H24N2. The van der Waals surface area contributed by atoms with Gasteiger partial charge in [-0.3, -0.25) is 4.90 Å². The maximum atomic E-state index is 3.56. The molecule has 2 heteroatoms. The van der Waals surface area contributed by atoms with Crippen molar-refractivity contribution in [2.45, 2.75) is 31.3 Å². The van der Waals surface area contributed by atoms with Crippen LogP contribution in [0, 0.1) is 0 Å². The number of likely N-dealkylation sites (tertiary alicyclic amines) is 1. The van der Waals surface area contributed by atoms with Crippen molar-refractivity contribution in [1.82, 2.24) is 4.90 Å². The summed E-state index contributed by atoms with van der Waals surface area (Å²) >= 11 is 0. The van der Waals surface area contributed by atoms with Gasteiger partial charge in [-0.15, -0.1) is 0 Å². The molecule has 2 bridgehead atoms. The number of piperidine rings is 1. The van der Waals surface area contributed by atoms with Gasteiger partial charge in [0.2, 0.25) is 0 Å². The van der Waals surface area contributed by atoms with Crippen molar-refractivity contribution in [3.05, 3.63) is 95.6 Å². The third-order valence-electron chi connectivity index (χ3n) is 5.89. The van der Waals surface area contributed by atoms with E-state index in [-0.39, 0.29) is 0 Å². The summed E-state index contributed by atoms with van der Waals surface area (Å²) in [6, 6.07) is 28.9. The summed E-state index contributed by atoms with van der Waals surface area (Å²) in [5.74, 6) is 0.743. The standard InChI is InChI=1S/C24H24N2/c1-3-7-18(8-4-1)17-26-14-13-19-15-24(26)23-16-21(11-12-22(19)23)25-20-9-5-2-6-10-20/h1-12,16,19,24-25H,13-15,17H2/t19-,24+/m0/s1. The van der Waals surface area contributed by atoms with Gasteiger partial charge in [0.1, 0.15) is 0 Å². The van der Waals surface area contributed by atoms with Crippen LogP contribution in [0.2, 0.25) is 0 Å². The van der Waals surface area contributed by atoms with E-state index in [1.54, 1.807) is 5.56 Å². The van der Waals surface area contributed by atoms with E-state index < -0.39 is 0 Å². The van der Waals surface area contributed by atoms with Crippen molar-refractivity contribution < 1.29 is 0 Å². The number of nitrogens with one attached hydrogen (secondary N) is 1. The molecule has 1 heterocycles. The van der Waals surface area contributed by atoms with Crippen LogP contribution in [0.1, 0.15) is 41.5 Å². The van der Waals surface area contributed by atoms with Gasteiger partial charge in [-0.1, -0.05) is 54.6 Å². The van der Waals surface area contributed by atoms with Crippen LogP contribution in [0.25, 0.3) is 0 Å². The van der Waals surface area contributed by atoms with Gasteiger partial charge in [-0.2, -0.15) is 0 Å². The van der Waals surface area contributed by atoms with Gasteiger partial charge < -0.3 is 5.32 Å². The number of hydrogen-bond acceptors (Lipinski definition) is 2. The fraction of sp³-hybridized carbons (Fsp3) is 0.250. The molecule has 0 saturated carbocycles. The maximum Gasteiger partial charge on any atom is 0.0387 e. The first-order chi connectivity index (χ1) is 12.9. The second-order valence-electron chi connectivity index (χ2n) is 7.53. The predicted octanol–water partition coefficient (Wildman–Crippen LogP) is 5.86. The monoisotopic (exact) mass is 340 g/mol. The smallest absolute Gasteiger partial charge is 0.0387 e. The molecule has 130 valence electrons. The molecule has 2 aliphatic rings. The van der Waals surface area contributed by atoms with E-state index >= 15 is 0 Å². The Labute approximate surface area is 155 Å². The molecule has 1 saturated heterocycles. The number of nitrogens with zero attached hydrogens (tertiary/aromatic N) is 1. The molecule has 0 radical (unpaired) electrons. The molecule has 1 fully saturated rings. The molecule has 3 aromatic carbocycles. The molecule has 2 nitrogen and oxygen atoms in total. The summed E-state index contributed by atoms with van der Waals surface area (Å²) in [5.41, 5.74) is 6.86. The quantitative estimate of drug-likeness (QED) is 0.639. The van der Waals surface area contributed by atoms with Crippen molar-refractivity contribution >= 4 is 11.4 Å². The molecule has 0 spiro atoms. The van der Waals surface area contributed by atoms with E-state index in [9.17, 15) is 0 Å². The van der Waals surface area contributed by atoms with Gasteiger partial charge in [0, 0.05) is 24.0 Å². The minimum atomic E-state index is 0.557. The molecule has 1 aliphatic heterocycles. The van der Waals surface area contributed by atoms with Crippen LogP contribution >= 0.6 is 0 Å². The molecule has 2 atom stereocenters. The Morgan fingerprint density at radius 1 is 0.808 bits per heavy atom. The summed E-state index contributed by atoms with van der Waals surface area (Å²) in [7, 11) is 0. The fourth-order valence-corrected chi connectivity index (χ4v) is 4.63. The van der Waals surface area contributed by atoms with Gasteiger partial charge >= 0.3 is 0 Å². The Bertz CT molecular complexity index is 889. The first-order valence-electron chi connectivity index (χ1n) is 9.61. The predicted molar refractivity (Wildman–Crippen MR) is 108 cm³/mol. The van der Waals surface area contributed by atoms with Crippen LogP contribution < -0.4 is 5.32 Å². The lowest BCUT2D eigenvalue weighted by molar-refractivity contribution is 0.145. The summed E-state index contributed by atoms with van der Waals surface area (Å²) in [4.78, 5) is 2.67. The molecular weight excluding hydrogens is 316 g/mol. The Kier molecular flexibility index (Phi) is 3.99. The summed E-state index contributed by atoms with van der Waals surface area (Å²) in [6.45, 7) is 2.24. The van der Waals surface area contributed by atoms with Gasteiger partial charge in [0.15, 0.2) is 0 Å². The van der Waals surface area contributed by atoms with Crippen molar-refractivity contribution in [1.29, 1.82) is 0 Å². The highest BCUT2D eigenvalue weighted by Crippen LogP contribution is 2.50. The molecule has 0 aromatic heterocycles. The van der Waals surface area contributed by atoms with E-state index in [4.69, 9.17) is 0 Å². The van der Waals surface area contributed by atoms with E-state index in [0.29, 0.717) is 6.04 Å². The largest absolute Gasteiger partial charge is 0.356 e. The summed E-state index contributed by atoms with van der Waals surface area (Å²) < 4.78 is 0. The average molecular weight is 340 g/mol. The van der Waals surface area contributed by atoms with Crippen molar-refractivity contribution in [2.75, 3.05) is 11.9 Å². The first-order valence-corrected chi connectivity index (χ1v) is 9.61. The van der Waals surface area contributed by atoms with Crippen LogP contribution in [0.4, 0.5) is 11.4 Å². The third-order valence-corrected chi connectivity index (χ3v) is 5.89. The number of fused-ring (bicyclic) bond motifs is 5. The number of benzene rings is 3. The van der Waals surface area contributed by atoms with E-state index in [0.717, 1.165) is 18.2 Å². The topological polar surface area (TPSA) is 15.3 Å². The zero-order valence-electron chi connectivity index (χ0n) is 14.9. The van der Waals surface area contributed by atoms with Crippen LogP contribution in [0.3, 0.4) is 0 Å². The Morgan fingerprint density at radius 2 is 1.58 bits per heavy atom. The molecule has 0 amide bonds. The number of hydrogen-bond donors (Lipinski definition) is 1. The third kappa shape index (κ3) is 2.91. The zero-order chi connectivity index (χ0) is 17.3. The van der Waals surface area contributed by atoms with Crippen LogP contribution in [-0.4, -0.2) is 11.4 Å². The van der Waals surface area contributed by atoms with Crippen molar-refractivity contribution in [3.8, 4) is 0 Å². The van der Waals surface area contributed by atoms with E-state index in [2.05, 4.69) is 89.1 Å². The average Bonchev–Trinajstić information content (AvgIpc) is 2.98. The number of para-hydroxylation sites is 1. The second-order valence-corrected chi connectivity index (χ2v) is 7.53. The van der Waals surface area contributed by atoms with Crippen molar-refractivity contribution in [2.24, 2.45) is 0 Å². The summed E-state index contributed by atoms with van der Waals surface area (Å²) in [5, 5.41) is 3.56. The molecule has 0 unspecified atom stereocenters. The minimum absolute atomic E-state index is 0.557. The molecule has 3 aromatic rings. The van der Waals surface area contributed by atoms with E-state index in [1.807, 2.05) is 0 Å². The number of rotatable bonds is 4. The lowest BCUT2D eigenvalue weighted by Crippen LogP contribution is -2.31. The SMILES string of the molecule is c1ccc(CN2CC[C@H]3C[C@@H]2c2cc(Nc4ccccc4)ccc23)cc1. The Balaban J connectivity index is 1.42. The summed E-state index contributed by atoms with van der Waals surface area (Å²) in [6.07, 6.45) is 2.55. The van der Waals surface area contributed by atoms with Crippen LogP contribution in [0.5, 0.6) is 0 Å². The van der Waals surface area contributed by atoms with E-state index in [1.165, 1.54) is 36.2 Å². The lowest BCUT2D eigenvalue weighted by Gasteiger charge is -2.33.